The second-order valence-corrected chi connectivity index (χ2v) is 16.2. The molecule has 0 N–H and O–H groups in total. The molecule has 0 fully saturated rings. The molecule has 280 valence electrons. The second kappa shape index (κ2) is 14.0. The van der Waals surface area contributed by atoms with Crippen molar-refractivity contribution in [3.63, 3.8) is 0 Å². The number of nitrogens with zero attached hydrogens (tertiary/aromatic N) is 1. The first-order chi connectivity index (χ1) is 29.1. The molecule has 10 aromatic carbocycles. The van der Waals surface area contributed by atoms with E-state index >= 15 is 0 Å². The lowest BCUT2D eigenvalue weighted by atomic mass is 9.67. The van der Waals surface area contributed by atoms with Crippen molar-refractivity contribution in [2.24, 2.45) is 0 Å². The molecule has 0 aliphatic heterocycles. The molecule has 10 aromatic rings. The highest BCUT2D eigenvalue weighted by molar-refractivity contribution is 6.15. The minimum absolute atomic E-state index is 0.344. The largest absolute Gasteiger partial charge is 0.309 e. The highest BCUT2D eigenvalue weighted by Gasteiger charge is 2.46. The van der Waals surface area contributed by atoms with Crippen LogP contribution in [0.1, 0.15) is 47.6 Å². The number of hydrogen-bond donors (Lipinski definition) is 0. The number of fused-ring (bicyclic) bond motifs is 7. The first-order valence-corrected chi connectivity index (χ1v) is 20.8. The quantitative estimate of drug-likeness (QED) is 0.147. The maximum atomic E-state index is 2.57. The van der Waals surface area contributed by atoms with Gasteiger partial charge in [-0.2, -0.15) is 0 Å². The van der Waals surface area contributed by atoms with Gasteiger partial charge in [-0.15, -0.1) is 0 Å². The summed E-state index contributed by atoms with van der Waals surface area (Å²) in [4.78, 5) is 2.57. The van der Waals surface area contributed by atoms with E-state index in [0.29, 0.717) is 5.92 Å². The highest BCUT2D eigenvalue weighted by atomic mass is 15.1. The maximum Gasteiger partial charge on any atom is 0.0714 e. The average Bonchev–Trinajstić information content (AvgIpc) is 3.60. The predicted molar refractivity (Wildman–Crippen MR) is 250 cm³/mol. The van der Waals surface area contributed by atoms with Crippen LogP contribution in [0.25, 0.3) is 54.6 Å². The Morgan fingerprint density at radius 1 is 0.356 bits per heavy atom. The zero-order valence-electron chi connectivity index (χ0n) is 33.3. The third-order valence-electron chi connectivity index (χ3n) is 12.7. The minimum Gasteiger partial charge on any atom is -0.309 e. The van der Waals surface area contributed by atoms with Gasteiger partial charge in [0.25, 0.3) is 0 Å². The Hall–Kier alpha value is -7.22. The summed E-state index contributed by atoms with van der Waals surface area (Å²) in [5.41, 5.74) is 14.4. The van der Waals surface area contributed by atoms with Gasteiger partial charge in [0.2, 0.25) is 0 Å². The van der Waals surface area contributed by atoms with Crippen LogP contribution in [0.4, 0.5) is 17.1 Å². The molecule has 0 radical (unpaired) electrons. The van der Waals surface area contributed by atoms with Crippen molar-refractivity contribution in [1.82, 2.24) is 0 Å². The Balaban J connectivity index is 1.29. The number of anilines is 3. The van der Waals surface area contributed by atoms with E-state index in [9.17, 15) is 0 Å². The van der Waals surface area contributed by atoms with Crippen LogP contribution in [-0.2, 0) is 5.41 Å². The van der Waals surface area contributed by atoms with Crippen LogP contribution in [0, 0.1) is 0 Å². The van der Waals surface area contributed by atoms with Crippen LogP contribution in [0.2, 0.25) is 0 Å². The number of rotatable bonds is 7. The molecule has 0 bridgehead atoms. The van der Waals surface area contributed by atoms with Gasteiger partial charge in [0.15, 0.2) is 0 Å². The summed E-state index contributed by atoms with van der Waals surface area (Å²) in [5, 5.41) is 7.36. The van der Waals surface area contributed by atoms with Crippen LogP contribution in [-0.4, -0.2) is 0 Å². The van der Waals surface area contributed by atoms with Gasteiger partial charge < -0.3 is 4.90 Å². The normalized spacial score (nSPS) is 12.9. The summed E-state index contributed by atoms with van der Waals surface area (Å²) in [6, 6.07) is 81.3. The molecular weight excluding hydrogens is 711 g/mol. The van der Waals surface area contributed by atoms with Crippen molar-refractivity contribution >= 4 is 49.4 Å². The summed E-state index contributed by atoms with van der Waals surface area (Å²) in [6.45, 7) is 4.61. The molecule has 1 aliphatic carbocycles. The summed E-state index contributed by atoms with van der Waals surface area (Å²) in [7, 11) is 0. The summed E-state index contributed by atoms with van der Waals surface area (Å²) >= 11 is 0. The smallest absolute Gasteiger partial charge is 0.0714 e. The van der Waals surface area contributed by atoms with E-state index < -0.39 is 5.41 Å². The van der Waals surface area contributed by atoms with Gasteiger partial charge in [-0.1, -0.05) is 202 Å². The van der Waals surface area contributed by atoms with Gasteiger partial charge in [0, 0.05) is 16.6 Å². The van der Waals surface area contributed by atoms with Gasteiger partial charge in [-0.25, -0.2) is 0 Å². The molecule has 59 heavy (non-hydrogen) atoms. The lowest BCUT2D eigenvalue weighted by Crippen LogP contribution is -2.28. The molecular formula is C58H43N. The van der Waals surface area contributed by atoms with Crippen molar-refractivity contribution in [2.45, 2.75) is 25.2 Å². The molecule has 1 nitrogen and oxygen atoms in total. The first-order valence-electron chi connectivity index (χ1n) is 20.8. The topological polar surface area (TPSA) is 3.24 Å². The van der Waals surface area contributed by atoms with Crippen molar-refractivity contribution in [3.05, 3.63) is 246 Å². The lowest BCUT2D eigenvalue weighted by Gasteiger charge is -2.35. The van der Waals surface area contributed by atoms with E-state index in [1.54, 1.807) is 0 Å². The zero-order chi connectivity index (χ0) is 39.5. The molecule has 0 saturated carbocycles. The highest BCUT2D eigenvalue weighted by Crippen LogP contribution is 2.58. The van der Waals surface area contributed by atoms with Crippen LogP contribution in [0.3, 0.4) is 0 Å². The zero-order valence-corrected chi connectivity index (χ0v) is 33.3. The van der Waals surface area contributed by atoms with E-state index in [1.165, 1.54) is 82.4 Å². The third-order valence-corrected chi connectivity index (χ3v) is 12.7. The molecule has 1 aliphatic rings. The van der Waals surface area contributed by atoms with Crippen LogP contribution >= 0.6 is 0 Å². The van der Waals surface area contributed by atoms with E-state index in [-0.39, 0.29) is 0 Å². The van der Waals surface area contributed by atoms with E-state index in [2.05, 4.69) is 237 Å². The summed E-state index contributed by atoms with van der Waals surface area (Å²) < 4.78 is 0. The van der Waals surface area contributed by atoms with Gasteiger partial charge in [0.05, 0.1) is 16.8 Å². The number of benzene rings is 10. The summed E-state index contributed by atoms with van der Waals surface area (Å²) in [5.74, 6) is 0.344. The fourth-order valence-corrected chi connectivity index (χ4v) is 10.1. The molecule has 0 spiro atoms. The van der Waals surface area contributed by atoms with E-state index in [4.69, 9.17) is 0 Å². The monoisotopic (exact) mass is 753 g/mol. The van der Waals surface area contributed by atoms with E-state index in [0.717, 1.165) is 17.1 Å². The van der Waals surface area contributed by atoms with Gasteiger partial charge >= 0.3 is 0 Å². The van der Waals surface area contributed by atoms with Gasteiger partial charge in [0.1, 0.15) is 0 Å². The van der Waals surface area contributed by atoms with Gasteiger partial charge in [-0.3, -0.25) is 0 Å². The van der Waals surface area contributed by atoms with Crippen LogP contribution < -0.4 is 4.90 Å². The Labute approximate surface area is 346 Å². The predicted octanol–water partition coefficient (Wildman–Crippen LogP) is 15.8. The fraction of sp³-hybridized carbons (Fsp3) is 0.0690. The van der Waals surface area contributed by atoms with E-state index in [1.807, 2.05) is 0 Å². The average molecular weight is 754 g/mol. The second-order valence-electron chi connectivity index (χ2n) is 16.2. The summed E-state index contributed by atoms with van der Waals surface area (Å²) in [6.07, 6.45) is 0. The van der Waals surface area contributed by atoms with Crippen molar-refractivity contribution in [1.29, 1.82) is 0 Å². The maximum absolute atomic E-state index is 2.57. The van der Waals surface area contributed by atoms with Crippen LogP contribution in [0.15, 0.2) is 218 Å². The van der Waals surface area contributed by atoms with Crippen molar-refractivity contribution < 1.29 is 0 Å². The molecule has 0 aromatic heterocycles. The van der Waals surface area contributed by atoms with Crippen LogP contribution in [0.5, 0.6) is 0 Å². The SMILES string of the molecule is CC(C)c1ccccc1-c1cc2ccccc2cc1N(c1ccc2c(c1)C(c1ccccc1)(c1ccccc1)c1ccccc1-2)c1cc2ccccc2c2ccccc12. The molecule has 0 amide bonds. The van der Waals surface area contributed by atoms with Gasteiger partial charge in [-0.05, 0) is 108 Å². The Morgan fingerprint density at radius 3 is 1.59 bits per heavy atom. The van der Waals surface area contributed by atoms with Crippen molar-refractivity contribution in [3.8, 4) is 22.3 Å². The number of hydrogen-bond acceptors (Lipinski definition) is 1. The molecule has 1 heteroatoms. The third kappa shape index (κ3) is 5.46. The Bertz CT molecular complexity index is 3160. The fourth-order valence-electron chi connectivity index (χ4n) is 10.1. The lowest BCUT2D eigenvalue weighted by molar-refractivity contribution is 0.768. The molecule has 0 unspecified atom stereocenters. The Kier molecular flexibility index (Phi) is 8.31. The molecule has 0 atom stereocenters. The minimum atomic E-state index is -0.530. The van der Waals surface area contributed by atoms with Crippen molar-refractivity contribution in [2.75, 3.05) is 4.90 Å². The molecule has 0 saturated heterocycles. The molecule has 11 rings (SSSR count). The standard InChI is InChI=1S/C58H43N/c1-39(2)46-26-13-14-28-48(46)53-35-40-19-9-10-20-41(40)36-57(53)59(56-37-42-21-11-12-27-47(42)49-29-15-16-31-52(49)56)45-33-34-51-50-30-17-18-32-54(50)58(55(51)38-45,43-22-5-3-6-23-43)44-24-7-4-8-25-44/h3-39H,1-2H3. The molecule has 0 heterocycles. The Morgan fingerprint density at radius 2 is 0.881 bits per heavy atom. The first kappa shape index (κ1) is 35.0.